The van der Waals surface area contributed by atoms with Crippen LogP contribution in [0.2, 0.25) is 0 Å². The highest BCUT2D eigenvalue weighted by molar-refractivity contribution is 5.15. The SMILES string of the molecule is CCCNCCOc1cc(C(C)C)ncn1. The van der Waals surface area contributed by atoms with Gasteiger partial charge in [0.2, 0.25) is 5.88 Å². The van der Waals surface area contributed by atoms with Crippen molar-refractivity contribution in [2.24, 2.45) is 0 Å². The standard InChI is InChI=1S/C12H21N3O/c1-4-5-13-6-7-16-12-8-11(10(2)3)14-9-15-12/h8-10,13H,4-7H2,1-3H3. The number of nitrogens with one attached hydrogen (secondary N) is 1. The molecule has 0 fully saturated rings. The number of hydrogen-bond acceptors (Lipinski definition) is 4. The number of hydrogen-bond donors (Lipinski definition) is 1. The van der Waals surface area contributed by atoms with E-state index in [0.717, 1.165) is 25.2 Å². The molecule has 0 unspecified atom stereocenters. The second-order valence-corrected chi connectivity index (χ2v) is 4.03. The molecule has 0 aliphatic rings. The third-order valence-electron chi connectivity index (χ3n) is 2.21. The molecule has 0 atom stereocenters. The van der Waals surface area contributed by atoms with Gasteiger partial charge in [-0.25, -0.2) is 9.97 Å². The van der Waals surface area contributed by atoms with E-state index < -0.39 is 0 Å². The number of rotatable bonds is 7. The topological polar surface area (TPSA) is 47.0 Å². The minimum atomic E-state index is 0.406. The first-order chi connectivity index (χ1) is 7.74. The van der Waals surface area contributed by atoms with Crippen molar-refractivity contribution in [3.8, 4) is 5.88 Å². The van der Waals surface area contributed by atoms with E-state index in [1.807, 2.05) is 6.07 Å². The summed E-state index contributed by atoms with van der Waals surface area (Å²) in [5.74, 6) is 1.07. The predicted molar refractivity (Wildman–Crippen MR) is 64.8 cm³/mol. The van der Waals surface area contributed by atoms with Crippen molar-refractivity contribution < 1.29 is 4.74 Å². The lowest BCUT2D eigenvalue weighted by Gasteiger charge is -2.08. The van der Waals surface area contributed by atoms with Gasteiger partial charge in [0.25, 0.3) is 0 Å². The van der Waals surface area contributed by atoms with E-state index >= 15 is 0 Å². The first-order valence-electron chi connectivity index (χ1n) is 5.89. The zero-order valence-corrected chi connectivity index (χ0v) is 10.4. The normalized spacial score (nSPS) is 10.8. The van der Waals surface area contributed by atoms with Crippen molar-refractivity contribution in [3.63, 3.8) is 0 Å². The smallest absolute Gasteiger partial charge is 0.216 e. The van der Waals surface area contributed by atoms with E-state index in [2.05, 4.69) is 36.1 Å². The largest absolute Gasteiger partial charge is 0.476 e. The minimum absolute atomic E-state index is 0.406. The average molecular weight is 223 g/mol. The summed E-state index contributed by atoms with van der Waals surface area (Å²) in [5.41, 5.74) is 1.02. The Kier molecular flexibility index (Phi) is 5.78. The molecule has 0 aliphatic heterocycles. The predicted octanol–water partition coefficient (Wildman–Crippen LogP) is 1.98. The van der Waals surface area contributed by atoms with Crippen molar-refractivity contribution in [1.29, 1.82) is 0 Å². The third kappa shape index (κ3) is 4.57. The first-order valence-corrected chi connectivity index (χ1v) is 5.89. The minimum Gasteiger partial charge on any atom is -0.476 e. The Morgan fingerprint density at radius 2 is 2.12 bits per heavy atom. The van der Waals surface area contributed by atoms with Crippen LogP contribution in [0.15, 0.2) is 12.4 Å². The molecule has 0 amide bonds. The molecule has 0 spiro atoms. The molecular weight excluding hydrogens is 202 g/mol. The number of aromatic nitrogens is 2. The summed E-state index contributed by atoms with van der Waals surface area (Å²) in [7, 11) is 0. The molecule has 0 aromatic carbocycles. The van der Waals surface area contributed by atoms with Crippen molar-refractivity contribution in [2.45, 2.75) is 33.1 Å². The third-order valence-corrected chi connectivity index (χ3v) is 2.21. The Bertz CT molecular complexity index is 302. The van der Waals surface area contributed by atoms with Crippen LogP contribution in [0.3, 0.4) is 0 Å². The lowest BCUT2D eigenvalue weighted by atomic mass is 10.1. The van der Waals surface area contributed by atoms with E-state index in [4.69, 9.17) is 4.74 Å². The highest BCUT2D eigenvalue weighted by Crippen LogP contribution is 2.14. The molecule has 0 saturated carbocycles. The van der Waals surface area contributed by atoms with Gasteiger partial charge in [-0.15, -0.1) is 0 Å². The lowest BCUT2D eigenvalue weighted by Crippen LogP contribution is -2.21. The highest BCUT2D eigenvalue weighted by atomic mass is 16.5. The zero-order chi connectivity index (χ0) is 11.8. The molecule has 1 heterocycles. The number of nitrogens with zero attached hydrogens (tertiary/aromatic N) is 2. The molecule has 0 bridgehead atoms. The van der Waals surface area contributed by atoms with Crippen LogP contribution < -0.4 is 10.1 Å². The fourth-order valence-electron chi connectivity index (χ4n) is 1.28. The monoisotopic (exact) mass is 223 g/mol. The van der Waals surface area contributed by atoms with Crippen molar-refractivity contribution >= 4 is 0 Å². The van der Waals surface area contributed by atoms with Gasteiger partial charge in [0.1, 0.15) is 12.9 Å². The van der Waals surface area contributed by atoms with Crippen molar-refractivity contribution in [2.75, 3.05) is 19.7 Å². The van der Waals surface area contributed by atoms with E-state index in [0.29, 0.717) is 18.4 Å². The van der Waals surface area contributed by atoms with E-state index in [1.165, 1.54) is 0 Å². The van der Waals surface area contributed by atoms with Gasteiger partial charge in [-0.3, -0.25) is 0 Å². The molecule has 0 saturated heterocycles. The zero-order valence-electron chi connectivity index (χ0n) is 10.4. The van der Waals surface area contributed by atoms with Crippen LogP contribution in [0.1, 0.15) is 38.8 Å². The van der Waals surface area contributed by atoms with E-state index in [-0.39, 0.29) is 0 Å². The van der Waals surface area contributed by atoms with Gasteiger partial charge >= 0.3 is 0 Å². The van der Waals surface area contributed by atoms with Gasteiger partial charge in [-0.2, -0.15) is 0 Å². The quantitative estimate of drug-likeness (QED) is 0.718. The van der Waals surface area contributed by atoms with Gasteiger partial charge in [0.05, 0.1) is 5.69 Å². The van der Waals surface area contributed by atoms with Gasteiger partial charge < -0.3 is 10.1 Å². The molecule has 4 nitrogen and oxygen atoms in total. The van der Waals surface area contributed by atoms with Crippen LogP contribution in [-0.2, 0) is 0 Å². The van der Waals surface area contributed by atoms with Gasteiger partial charge in [-0.1, -0.05) is 20.8 Å². The van der Waals surface area contributed by atoms with E-state index in [1.54, 1.807) is 6.33 Å². The Balaban J connectivity index is 2.33. The second kappa shape index (κ2) is 7.17. The Hall–Kier alpha value is -1.16. The molecule has 4 heteroatoms. The summed E-state index contributed by atoms with van der Waals surface area (Å²) >= 11 is 0. The summed E-state index contributed by atoms with van der Waals surface area (Å²) in [6.45, 7) is 8.89. The Morgan fingerprint density at radius 1 is 1.31 bits per heavy atom. The Morgan fingerprint density at radius 3 is 2.81 bits per heavy atom. The fourth-order valence-corrected chi connectivity index (χ4v) is 1.28. The molecular formula is C12H21N3O. The maximum absolute atomic E-state index is 5.53. The fraction of sp³-hybridized carbons (Fsp3) is 0.667. The van der Waals surface area contributed by atoms with Crippen LogP contribution in [0.5, 0.6) is 5.88 Å². The molecule has 1 N–H and O–H groups in total. The molecule has 90 valence electrons. The van der Waals surface area contributed by atoms with Gasteiger partial charge in [0.15, 0.2) is 0 Å². The molecule has 1 rings (SSSR count). The van der Waals surface area contributed by atoms with Crippen LogP contribution >= 0.6 is 0 Å². The molecule has 16 heavy (non-hydrogen) atoms. The molecule has 1 aromatic heterocycles. The maximum atomic E-state index is 5.53. The van der Waals surface area contributed by atoms with Gasteiger partial charge in [0, 0.05) is 12.6 Å². The molecule has 0 aliphatic carbocycles. The van der Waals surface area contributed by atoms with Gasteiger partial charge in [-0.05, 0) is 18.9 Å². The number of ether oxygens (including phenoxy) is 1. The molecule has 1 aromatic rings. The molecule has 0 radical (unpaired) electrons. The summed E-state index contributed by atoms with van der Waals surface area (Å²) in [6, 6.07) is 1.91. The summed E-state index contributed by atoms with van der Waals surface area (Å²) < 4.78 is 5.53. The van der Waals surface area contributed by atoms with Crippen LogP contribution in [0, 0.1) is 0 Å². The van der Waals surface area contributed by atoms with E-state index in [9.17, 15) is 0 Å². The maximum Gasteiger partial charge on any atom is 0.216 e. The van der Waals surface area contributed by atoms with Crippen LogP contribution in [0.4, 0.5) is 0 Å². The second-order valence-electron chi connectivity index (χ2n) is 4.03. The highest BCUT2D eigenvalue weighted by Gasteiger charge is 2.03. The van der Waals surface area contributed by atoms with Crippen LogP contribution in [0.25, 0.3) is 0 Å². The van der Waals surface area contributed by atoms with Crippen molar-refractivity contribution in [1.82, 2.24) is 15.3 Å². The summed E-state index contributed by atoms with van der Waals surface area (Å²) in [5, 5.41) is 3.27. The summed E-state index contributed by atoms with van der Waals surface area (Å²) in [4.78, 5) is 8.27. The summed E-state index contributed by atoms with van der Waals surface area (Å²) in [6.07, 6.45) is 2.70. The lowest BCUT2D eigenvalue weighted by molar-refractivity contribution is 0.301. The van der Waals surface area contributed by atoms with Crippen LogP contribution in [-0.4, -0.2) is 29.7 Å². The first kappa shape index (κ1) is 12.9. The average Bonchev–Trinajstić information content (AvgIpc) is 2.29. The Labute approximate surface area is 97.5 Å². The van der Waals surface area contributed by atoms with Crippen molar-refractivity contribution in [3.05, 3.63) is 18.1 Å².